The Morgan fingerprint density at radius 3 is 2.55 bits per heavy atom. The highest BCUT2D eigenvalue weighted by Gasteiger charge is 2.32. The van der Waals surface area contributed by atoms with Gasteiger partial charge in [-0.1, -0.05) is 22.0 Å². The molecule has 0 spiro atoms. The Balaban J connectivity index is 1.85. The SMILES string of the molecule is C=CCN1C(=O)/C(=C/c2cc(OC)c(OCc3ccc([N+](=O)[O-])cc3)cc2Br)C(=O)NC1=S. The second-order valence-corrected chi connectivity index (χ2v) is 8.00. The molecular formula is C22H18BrN3O6S. The van der Waals surface area contributed by atoms with Gasteiger partial charge < -0.3 is 9.47 Å². The number of amides is 2. The van der Waals surface area contributed by atoms with Crippen LogP contribution in [0.5, 0.6) is 11.5 Å². The van der Waals surface area contributed by atoms with Crippen molar-refractivity contribution in [2.45, 2.75) is 6.61 Å². The molecule has 9 nitrogen and oxygen atoms in total. The van der Waals surface area contributed by atoms with Crippen molar-refractivity contribution in [2.24, 2.45) is 0 Å². The van der Waals surface area contributed by atoms with E-state index in [1.165, 1.54) is 36.3 Å². The molecule has 33 heavy (non-hydrogen) atoms. The van der Waals surface area contributed by atoms with Crippen LogP contribution in [-0.2, 0) is 16.2 Å². The van der Waals surface area contributed by atoms with Gasteiger partial charge in [0.2, 0.25) is 0 Å². The number of halogens is 1. The van der Waals surface area contributed by atoms with Crippen LogP contribution >= 0.6 is 28.1 Å². The highest BCUT2D eigenvalue weighted by molar-refractivity contribution is 9.10. The number of ether oxygens (including phenoxy) is 2. The molecule has 11 heteroatoms. The van der Waals surface area contributed by atoms with Gasteiger partial charge in [0.05, 0.1) is 12.0 Å². The number of hydrogen-bond donors (Lipinski definition) is 1. The van der Waals surface area contributed by atoms with Crippen molar-refractivity contribution in [3.63, 3.8) is 0 Å². The molecule has 170 valence electrons. The van der Waals surface area contributed by atoms with E-state index in [1.54, 1.807) is 24.3 Å². The zero-order chi connectivity index (χ0) is 24.1. The van der Waals surface area contributed by atoms with Crippen LogP contribution in [0.3, 0.4) is 0 Å². The number of benzene rings is 2. The van der Waals surface area contributed by atoms with Crippen LogP contribution in [0.4, 0.5) is 5.69 Å². The largest absolute Gasteiger partial charge is 0.493 e. The molecule has 0 saturated carbocycles. The molecule has 0 aliphatic carbocycles. The quantitative estimate of drug-likeness (QED) is 0.138. The highest BCUT2D eigenvalue weighted by atomic mass is 79.9. The van der Waals surface area contributed by atoms with Crippen molar-refractivity contribution in [1.82, 2.24) is 10.2 Å². The second-order valence-electron chi connectivity index (χ2n) is 6.76. The maximum Gasteiger partial charge on any atom is 0.269 e. The molecule has 1 N–H and O–H groups in total. The molecule has 2 amide bonds. The monoisotopic (exact) mass is 531 g/mol. The number of carbonyl (C=O) groups excluding carboxylic acids is 2. The fraction of sp³-hybridized carbons (Fsp3) is 0.136. The normalized spacial score (nSPS) is 14.8. The minimum absolute atomic E-state index is 0.00909. The van der Waals surface area contributed by atoms with Gasteiger partial charge >= 0.3 is 0 Å². The summed E-state index contributed by atoms with van der Waals surface area (Å²) in [6.45, 7) is 3.91. The number of thiocarbonyl (C=S) groups is 1. The van der Waals surface area contributed by atoms with E-state index in [0.29, 0.717) is 21.5 Å². The van der Waals surface area contributed by atoms with Crippen LogP contribution in [-0.4, -0.2) is 40.4 Å². The second kappa shape index (κ2) is 10.4. The number of non-ortho nitro benzene ring substituents is 1. The third-order valence-electron chi connectivity index (χ3n) is 4.62. The molecule has 1 heterocycles. The number of nitro benzene ring substituents is 1. The number of carbonyl (C=O) groups is 2. The van der Waals surface area contributed by atoms with E-state index in [4.69, 9.17) is 21.7 Å². The van der Waals surface area contributed by atoms with E-state index in [2.05, 4.69) is 27.8 Å². The van der Waals surface area contributed by atoms with E-state index >= 15 is 0 Å². The molecule has 3 rings (SSSR count). The minimum Gasteiger partial charge on any atom is -0.493 e. The zero-order valence-corrected chi connectivity index (χ0v) is 19.8. The van der Waals surface area contributed by atoms with Gasteiger partial charge in [0.15, 0.2) is 16.6 Å². The fourth-order valence-electron chi connectivity index (χ4n) is 2.95. The lowest BCUT2D eigenvalue weighted by atomic mass is 10.1. The smallest absolute Gasteiger partial charge is 0.269 e. The molecule has 0 atom stereocenters. The van der Waals surface area contributed by atoms with Crippen LogP contribution < -0.4 is 14.8 Å². The van der Waals surface area contributed by atoms with Crippen LogP contribution in [0.15, 0.2) is 59.1 Å². The highest BCUT2D eigenvalue weighted by Crippen LogP contribution is 2.35. The van der Waals surface area contributed by atoms with Crippen molar-refractivity contribution in [2.75, 3.05) is 13.7 Å². The predicted molar refractivity (Wildman–Crippen MR) is 129 cm³/mol. The van der Waals surface area contributed by atoms with E-state index in [-0.39, 0.29) is 29.5 Å². The Bertz CT molecular complexity index is 1180. The third-order valence-corrected chi connectivity index (χ3v) is 5.63. The predicted octanol–water partition coefficient (Wildman–Crippen LogP) is 3.76. The third kappa shape index (κ3) is 5.44. The number of rotatable bonds is 8. The summed E-state index contributed by atoms with van der Waals surface area (Å²) in [5.41, 5.74) is 1.14. The molecule has 0 radical (unpaired) electrons. The van der Waals surface area contributed by atoms with E-state index in [9.17, 15) is 19.7 Å². The summed E-state index contributed by atoms with van der Waals surface area (Å²) < 4.78 is 11.8. The number of methoxy groups -OCH3 is 1. The van der Waals surface area contributed by atoms with Crippen LogP contribution in [0.1, 0.15) is 11.1 Å². The summed E-state index contributed by atoms with van der Waals surface area (Å²) in [6, 6.07) is 9.27. The van der Waals surface area contributed by atoms with Crippen LogP contribution in [0, 0.1) is 10.1 Å². The lowest BCUT2D eigenvalue weighted by Crippen LogP contribution is -2.53. The Kier molecular flexibility index (Phi) is 7.56. The van der Waals surface area contributed by atoms with E-state index in [0.717, 1.165) is 5.56 Å². The van der Waals surface area contributed by atoms with Gasteiger partial charge in [0.1, 0.15) is 12.2 Å². The molecule has 0 bridgehead atoms. The Labute approximate surface area is 202 Å². The standard InChI is InChI=1S/C22H18BrN3O6S/c1-3-8-25-21(28)16(20(27)24-22(25)33)9-14-10-18(31-2)19(11-17(14)23)32-12-13-4-6-15(7-5-13)26(29)30/h3-7,9-11H,1,8,12H2,2H3,(H,24,27,33)/b16-9+. The summed E-state index contributed by atoms with van der Waals surface area (Å²) in [6.07, 6.45) is 2.94. The van der Waals surface area contributed by atoms with E-state index in [1.807, 2.05) is 0 Å². The van der Waals surface area contributed by atoms with Crippen molar-refractivity contribution in [3.05, 3.63) is 80.3 Å². The van der Waals surface area contributed by atoms with Crippen molar-refractivity contribution in [3.8, 4) is 11.5 Å². The van der Waals surface area contributed by atoms with Crippen LogP contribution in [0.2, 0.25) is 0 Å². The molecule has 2 aromatic rings. The van der Waals surface area contributed by atoms with Gasteiger partial charge in [-0.25, -0.2) is 0 Å². The minimum atomic E-state index is -0.602. The zero-order valence-electron chi connectivity index (χ0n) is 17.4. The maximum absolute atomic E-state index is 12.7. The van der Waals surface area contributed by atoms with Crippen molar-refractivity contribution in [1.29, 1.82) is 0 Å². The lowest BCUT2D eigenvalue weighted by Gasteiger charge is -2.27. The summed E-state index contributed by atoms with van der Waals surface area (Å²) in [7, 11) is 1.46. The number of nitrogens with zero attached hydrogens (tertiary/aromatic N) is 2. The molecule has 0 unspecified atom stereocenters. The molecular weight excluding hydrogens is 514 g/mol. The van der Waals surface area contributed by atoms with E-state index < -0.39 is 16.7 Å². The maximum atomic E-state index is 12.7. The Morgan fingerprint density at radius 2 is 1.94 bits per heavy atom. The van der Waals surface area contributed by atoms with Gasteiger partial charge in [-0.2, -0.15) is 0 Å². The lowest BCUT2D eigenvalue weighted by molar-refractivity contribution is -0.384. The number of nitro groups is 1. The first-order chi connectivity index (χ1) is 15.7. The van der Waals surface area contributed by atoms with Gasteiger partial charge in [0.25, 0.3) is 17.5 Å². The molecule has 1 fully saturated rings. The average Bonchev–Trinajstić information content (AvgIpc) is 2.79. The fourth-order valence-corrected chi connectivity index (χ4v) is 3.64. The summed E-state index contributed by atoms with van der Waals surface area (Å²) in [4.78, 5) is 36.7. The average molecular weight is 532 g/mol. The molecule has 0 aromatic heterocycles. The Morgan fingerprint density at radius 1 is 1.24 bits per heavy atom. The van der Waals surface area contributed by atoms with Gasteiger partial charge in [-0.3, -0.25) is 29.9 Å². The van der Waals surface area contributed by atoms with Gasteiger partial charge in [-0.05, 0) is 53.7 Å². The summed E-state index contributed by atoms with van der Waals surface area (Å²) in [5, 5.41) is 13.3. The first-order valence-electron chi connectivity index (χ1n) is 9.48. The summed E-state index contributed by atoms with van der Waals surface area (Å²) in [5.74, 6) is -0.365. The summed E-state index contributed by atoms with van der Waals surface area (Å²) >= 11 is 8.49. The topological polar surface area (TPSA) is 111 Å². The molecule has 1 aliphatic heterocycles. The first-order valence-corrected chi connectivity index (χ1v) is 10.7. The van der Waals surface area contributed by atoms with Gasteiger partial charge in [-0.15, -0.1) is 6.58 Å². The van der Waals surface area contributed by atoms with Crippen molar-refractivity contribution < 1.29 is 24.0 Å². The molecule has 2 aromatic carbocycles. The van der Waals surface area contributed by atoms with Crippen molar-refractivity contribution >= 4 is 56.8 Å². The number of nitrogens with one attached hydrogen (secondary N) is 1. The molecule has 1 aliphatic rings. The Hall–Kier alpha value is -3.57. The number of hydrogen-bond acceptors (Lipinski definition) is 7. The van der Waals surface area contributed by atoms with Crippen LogP contribution in [0.25, 0.3) is 6.08 Å². The van der Waals surface area contributed by atoms with Gasteiger partial charge in [0, 0.05) is 23.2 Å². The first kappa shape index (κ1) is 24.1. The molecule has 1 saturated heterocycles.